The molecule has 0 aliphatic carbocycles. The van der Waals surface area contributed by atoms with Crippen molar-refractivity contribution in [1.29, 1.82) is 0 Å². The molecule has 3 rings (SSSR count). The molecule has 24 heavy (non-hydrogen) atoms. The Morgan fingerprint density at radius 3 is 2.54 bits per heavy atom. The summed E-state index contributed by atoms with van der Waals surface area (Å²) in [6.45, 7) is 1.79. The summed E-state index contributed by atoms with van der Waals surface area (Å²) in [6, 6.07) is 3.24. The maximum Gasteiger partial charge on any atom is 0.308 e. The molecule has 2 aliphatic heterocycles. The summed E-state index contributed by atoms with van der Waals surface area (Å²) in [5, 5.41) is 8.99. The van der Waals surface area contributed by atoms with Crippen molar-refractivity contribution in [1.82, 2.24) is 9.21 Å². The fraction of sp³-hybridized carbons (Fsp3) is 0.600. The van der Waals surface area contributed by atoms with Crippen molar-refractivity contribution < 1.29 is 23.1 Å². The van der Waals surface area contributed by atoms with Crippen LogP contribution >= 0.6 is 11.3 Å². The van der Waals surface area contributed by atoms with E-state index in [1.54, 1.807) is 17.0 Å². The van der Waals surface area contributed by atoms with E-state index in [0.29, 0.717) is 30.9 Å². The highest BCUT2D eigenvalue weighted by molar-refractivity contribution is 7.91. The van der Waals surface area contributed by atoms with Gasteiger partial charge in [0, 0.05) is 31.1 Å². The van der Waals surface area contributed by atoms with Gasteiger partial charge in [0.15, 0.2) is 0 Å². The van der Waals surface area contributed by atoms with Crippen LogP contribution in [0.3, 0.4) is 0 Å². The van der Waals surface area contributed by atoms with Crippen molar-refractivity contribution in [3.63, 3.8) is 0 Å². The number of carboxylic acid groups (broad SMARTS) is 1. The van der Waals surface area contributed by atoms with E-state index in [-0.39, 0.29) is 23.1 Å². The predicted molar refractivity (Wildman–Crippen MR) is 88.3 cm³/mol. The average Bonchev–Trinajstić information content (AvgIpc) is 3.28. The summed E-state index contributed by atoms with van der Waals surface area (Å²) in [4.78, 5) is 25.5. The van der Waals surface area contributed by atoms with E-state index in [4.69, 9.17) is 5.11 Å². The summed E-state index contributed by atoms with van der Waals surface area (Å²) in [7, 11) is -3.44. The molecule has 0 aromatic carbocycles. The minimum Gasteiger partial charge on any atom is -0.481 e. The molecule has 0 bridgehead atoms. The number of carbonyl (C=O) groups excluding carboxylic acids is 1. The molecule has 0 radical (unpaired) electrons. The van der Waals surface area contributed by atoms with Crippen LogP contribution in [-0.2, 0) is 26.0 Å². The second kappa shape index (κ2) is 6.81. The molecule has 1 aromatic rings. The maximum atomic E-state index is 12.5. The van der Waals surface area contributed by atoms with E-state index in [2.05, 4.69) is 0 Å². The molecule has 1 amide bonds. The number of amides is 1. The molecular weight excluding hydrogens is 352 g/mol. The van der Waals surface area contributed by atoms with Gasteiger partial charge in [-0.25, -0.2) is 8.42 Å². The first-order valence-corrected chi connectivity index (χ1v) is 10.2. The van der Waals surface area contributed by atoms with Gasteiger partial charge in [0.05, 0.1) is 12.3 Å². The number of nitrogens with zero attached hydrogens (tertiary/aromatic N) is 2. The molecule has 2 aliphatic rings. The summed E-state index contributed by atoms with van der Waals surface area (Å²) in [5.74, 6) is -1.52. The van der Waals surface area contributed by atoms with Crippen LogP contribution in [-0.4, -0.2) is 60.8 Å². The molecule has 1 aromatic heterocycles. The van der Waals surface area contributed by atoms with Crippen molar-refractivity contribution >= 4 is 33.2 Å². The molecule has 0 saturated carbocycles. The largest absolute Gasteiger partial charge is 0.481 e. The van der Waals surface area contributed by atoms with Gasteiger partial charge >= 0.3 is 5.97 Å². The first kappa shape index (κ1) is 17.4. The van der Waals surface area contributed by atoms with Crippen LogP contribution in [0.5, 0.6) is 0 Å². The SMILES string of the molecule is O=C(O)C1CCN(C(=O)Cc2ccc(S(=O)(=O)N3CCCC3)s2)C1. The Hall–Kier alpha value is -1.45. The second-order valence-electron chi connectivity index (χ2n) is 6.17. The Labute approximate surface area is 144 Å². The van der Waals surface area contributed by atoms with Gasteiger partial charge in [0.1, 0.15) is 4.21 Å². The fourth-order valence-electron chi connectivity index (χ4n) is 3.10. The van der Waals surface area contributed by atoms with Crippen molar-refractivity contribution in [3.05, 3.63) is 17.0 Å². The van der Waals surface area contributed by atoms with Crippen molar-refractivity contribution in [2.24, 2.45) is 5.92 Å². The lowest BCUT2D eigenvalue weighted by Gasteiger charge is -2.15. The smallest absolute Gasteiger partial charge is 0.308 e. The standard InChI is InChI=1S/C15H20N2O5S2/c18-13(16-8-5-11(10-16)15(19)20)9-12-3-4-14(23-12)24(21,22)17-6-1-2-7-17/h3-4,11H,1-2,5-10H2,(H,19,20). The minimum atomic E-state index is -3.44. The number of aliphatic carboxylic acids is 1. The molecule has 7 nitrogen and oxygen atoms in total. The molecular formula is C15H20N2O5S2. The summed E-state index contributed by atoms with van der Waals surface area (Å²) < 4.78 is 26.7. The topological polar surface area (TPSA) is 95.0 Å². The van der Waals surface area contributed by atoms with Gasteiger partial charge in [0.25, 0.3) is 10.0 Å². The summed E-state index contributed by atoms with van der Waals surface area (Å²) in [6.07, 6.45) is 2.36. The van der Waals surface area contributed by atoms with Gasteiger partial charge in [-0.3, -0.25) is 9.59 Å². The third kappa shape index (κ3) is 3.47. The molecule has 0 spiro atoms. The maximum absolute atomic E-state index is 12.5. The van der Waals surface area contributed by atoms with Gasteiger partial charge in [-0.1, -0.05) is 0 Å². The van der Waals surface area contributed by atoms with Crippen LogP contribution < -0.4 is 0 Å². The third-order valence-electron chi connectivity index (χ3n) is 4.51. The molecule has 3 heterocycles. The molecule has 1 unspecified atom stereocenters. The minimum absolute atomic E-state index is 0.118. The normalized spacial score (nSPS) is 22.2. The average molecular weight is 372 g/mol. The quantitative estimate of drug-likeness (QED) is 0.832. The second-order valence-corrected chi connectivity index (χ2v) is 9.51. The van der Waals surface area contributed by atoms with Gasteiger partial charge in [0.2, 0.25) is 5.91 Å². The number of carbonyl (C=O) groups is 2. The van der Waals surface area contributed by atoms with E-state index in [0.717, 1.165) is 24.2 Å². The molecule has 1 N–H and O–H groups in total. The molecule has 9 heteroatoms. The third-order valence-corrected chi connectivity index (χ3v) is 7.96. The van der Waals surface area contributed by atoms with Gasteiger partial charge in [-0.2, -0.15) is 4.31 Å². The van der Waals surface area contributed by atoms with Crippen LogP contribution in [0, 0.1) is 5.92 Å². The van der Waals surface area contributed by atoms with E-state index in [1.807, 2.05) is 0 Å². The Bertz CT molecular complexity index is 737. The Kier molecular flexibility index (Phi) is 4.93. The zero-order chi connectivity index (χ0) is 17.3. The van der Waals surface area contributed by atoms with Crippen LogP contribution in [0.25, 0.3) is 0 Å². The van der Waals surface area contributed by atoms with Crippen molar-refractivity contribution in [2.75, 3.05) is 26.2 Å². The highest BCUT2D eigenvalue weighted by atomic mass is 32.2. The van der Waals surface area contributed by atoms with Crippen LogP contribution in [0.15, 0.2) is 16.3 Å². The number of likely N-dealkylation sites (tertiary alicyclic amines) is 1. The molecule has 1 atom stereocenters. The van der Waals surface area contributed by atoms with E-state index >= 15 is 0 Å². The van der Waals surface area contributed by atoms with Crippen LogP contribution in [0.4, 0.5) is 0 Å². The summed E-state index contributed by atoms with van der Waals surface area (Å²) >= 11 is 1.13. The zero-order valence-corrected chi connectivity index (χ0v) is 14.8. The lowest BCUT2D eigenvalue weighted by Crippen LogP contribution is -2.31. The Morgan fingerprint density at radius 2 is 1.92 bits per heavy atom. The highest BCUT2D eigenvalue weighted by Gasteiger charge is 2.32. The first-order chi connectivity index (χ1) is 11.4. The number of sulfonamides is 1. The number of hydrogen-bond donors (Lipinski definition) is 1. The van der Waals surface area contributed by atoms with E-state index < -0.39 is 21.9 Å². The van der Waals surface area contributed by atoms with E-state index in [9.17, 15) is 18.0 Å². The number of thiophene rings is 1. The lowest BCUT2D eigenvalue weighted by molar-refractivity contribution is -0.141. The first-order valence-electron chi connectivity index (χ1n) is 7.97. The Morgan fingerprint density at radius 1 is 1.21 bits per heavy atom. The van der Waals surface area contributed by atoms with Crippen LogP contribution in [0.2, 0.25) is 0 Å². The van der Waals surface area contributed by atoms with Crippen molar-refractivity contribution in [2.45, 2.75) is 29.9 Å². The highest BCUT2D eigenvalue weighted by Crippen LogP contribution is 2.28. The fourth-order valence-corrected chi connectivity index (χ4v) is 6.12. The predicted octanol–water partition coefficient (Wildman–Crippen LogP) is 1.01. The summed E-state index contributed by atoms with van der Waals surface area (Å²) in [5.41, 5.74) is 0. The monoisotopic (exact) mass is 372 g/mol. The number of hydrogen-bond acceptors (Lipinski definition) is 5. The zero-order valence-electron chi connectivity index (χ0n) is 13.2. The number of carboxylic acids is 1. The van der Waals surface area contributed by atoms with Gasteiger partial charge in [-0.05, 0) is 31.4 Å². The van der Waals surface area contributed by atoms with Gasteiger partial charge in [-0.15, -0.1) is 11.3 Å². The van der Waals surface area contributed by atoms with Crippen LogP contribution in [0.1, 0.15) is 24.1 Å². The molecule has 132 valence electrons. The van der Waals surface area contributed by atoms with E-state index in [1.165, 1.54) is 4.31 Å². The number of rotatable bonds is 5. The van der Waals surface area contributed by atoms with Crippen molar-refractivity contribution in [3.8, 4) is 0 Å². The van der Waals surface area contributed by atoms with Gasteiger partial charge < -0.3 is 10.0 Å². The molecule has 2 saturated heterocycles. The molecule has 2 fully saturated rings. The Balaban J connectivity index is 1.64. The lowest BCUT2D eigenvalue weighted by atomic mass is 10.1.